The second-order valence-corrected chi connectivity index (χ2v) is 5.75. The largest absolute Gasteiger partial charge is 0.479 e. The van der Waals surface area contributed by atoms with Gasteiger partial charge in [0, 0.05) is 0 Å². The second kappa shape index (κ2) is 5.83. The molecule has 2 N–H and O–H groups in total. The van der Waals surface area contributed by atoms with Crippen molar-refractivity contribution in [3.8, 4) is 6.07 Å². The lowest BCUT2D eigenvalue weighted by Crippen LogP contribution is -2.51. The average Bonchev–Trinajstić information content (AvgIpc) is 2.36. The molecule has 0 unspecified atom stereocenters. The van der Waals surface area contributed by atoms with Gasteiger partial charge in [-0.2, -0.15) is 5.26 Å². The lowest BCUT2D eigenvalue weighted by Gasteiger charge is -2.28. The molecule has 21 heavy (non-hydrogen) atoms. The van der Waals surface area contributed by atoms with Crippen LogP contribution in [0, 0.1) is 11.3 Å². The zero-order valence-electron chi connectivity index (χ0n) is 12.4. The van der Waals surface area contributed by atoms with Crippen LogP contribution in [0.2, 0.25) is 0 Å². The molecule has 1 aromatic carbocycles. The molecule has 0 saturated heterocycles. The number of ether oxygens (including phenoxy) is 1. The quantitative estimate of drug-likeness (QED) is 0.890. The van der Waals surface area contributed by atoms with Gasteiger partial charge in [-0.05, 0) is 45.4 Å². The fourth-order valence-corrected chi connectivity index (χ4v) is 1.63. The molecule has 6 nitrogen and oxygen atoms in total. The van der Waals surface area contributed by atoms with E-state index in [9.17, 15) is 14.7 Å². The van der Waals surface area contributed by atoms with Crippen LogP contribution >= 0.6 is 0 Å². The van der Waals surface area contributed by atoms with E-state index in [0.29, 0.717) is 11.1 Å². The summed E-state index contributed by atoms with van der Waals surface area (Å²) >= 11 is 0. The Hall–Kier alpha value is -2.55. The number of hydrogen-bond acceptors (Lipinski definition) is 4. The third kappa shape index (κ3) is 4.21. The number of aliphatic carboxylic acids is 1. The van der Waals surface area contributed by atoms with Crippen LogP contribution in [0.1, 0.15) is 38.8 Å². The third-order valence-corrected chi connectivity index (χ3v) is 2.77. The van der Waals surface area contributed by atoms with E-state index in [-0.39, 0.29) is 0 Å². The molecule has 0 spiro atoms. The van der Waals surface area contributed by atoms with Crippen LogP contribution in [-0.4, -0.2) is 22.8 Å². The Kier molecular flexibility index (Phi) is 4.58. The van der Waals surface area contributed by atoms with Crippen LogP contribution < -0.4 is 5.32 Å². The van der Waals surface area contributed by atoms with Crippen LogP contribution in [-0.2, 0) is 15.1 Å². The second-order valence-electron chi connectivity index (χ2n) is 5.75. The van der Waals surface area contributed by atoms with E-state index in [4.69, 9.17) is 10.00 Å². The number of amides is 1. The van der Waals surface area contributed by atoms with Crippen molar-refractivity contribution in [3.05, 3.63) is 35.4 Å². The minimum Gasteiger partial charge on any atom is -0.479 e. The van der Waals surface area contributed by atoms with E-state index in [1.807, 2.05) is 6.07 Å². The van der Waals surface area contributed by atoms with Crippen molar-refractivity contribution >= 4 is 12.1 Å². The van der Waals surface area contributed by atoms with Gasteiger partial charge in [-0.3, -0.25) is 0 Å². The molecule has 1 atom stereocenters. The Morgan fingerprint density at radius 1 is 1.19 bits per heavy atom. The Balaban J connectivity index is 3.06. The molecule has 1 aromatic rings. The number of nitrogens with zero attached hydrogens (tertiary/aromatic N) is 1. The highest BCUT2D eigenvalue weighted by molar-refractivity contribution is 5.85. The van der Waals surface area contributed by atoms with E-state index in [2.05, 4.69) is 5.32 Å². The molecule has 0 radical (unpaired) electrons. The van der Waals surface area contributed by atoms with Crippen LogP contribution in [0.5, 0.6) is 0 Å². The fraction of sp³-hybridized carbons (Fsp3) is 0.400. The van der Waals surface area contributed by atoms with Crippen molar-refractivity contribution in [2.75, 3.05) is 0 Å². The highest BCUT2D eigenvalue weighted by Gasteiger charge is 2.38. The number of carboxylic acids is 1. The molecule has 1 amide bonds. The van der Waals surface area contributed by atoms with Gasteiger partial charge >= 0.3 is 12.1 Å². The van der Waals surface area contributed by atoms with Gasteiger partial charge < -0.3 is 15.2 Å². The molecule has 0 aromatic heterocycles. The summed E-state index contributed by atoms with van der Waals surface area (Å²) in [5.74, 6) is -1.22. The third-order valence-electron chi connectivity index (χ3n) is 2.77. The minimum atomic E-state index is -1.64. The first-order chi connectivity index (χ1) is 9.58. The Morgan fingerprint density at radius 2 is 1.71 bits per heavy atom. The summed E-state index contributed by atoms with van der Waals surface area (Å²) in [6.07, 6.45) is -0.822. The lowest BCUT2D eigenvalue weighted by atomic mass is 9.91. The molecular formula is C15H18N2O4. The Morgan fingerprint density at radius 3 is 2.10 bits per heavy atom. The van der Waals surface area contributed by atoms with Crippen molar-refractivity contribution in [1.29, 1.82) is 5.26 Å². The standard InChI is InChI=1S/C15H18N2O4/c1-14(2,3)21-13(20)17-15(4,12(18)19)11-7-5-10(9-16)6-8-11/h5-8H,1-4H3,(H,17,20)(H,18,19)/t15-/m0/s1. The van der Waals surface area contributed by atoms with Crippen LogP contribution in [0.3, 0.4) is 0 Å². The predicted octanol–water partition coefficient (Wildman–Crippen LogP) is 2.38. The summed E-state index contributed by atoms with van der Waals surface area (Å²) in [7, 11) is 0. The number of nitrogens with one attached hydrogen (secondary N) is 1. The van der Waals surface area contributed by atoms with Crippen molar-refractivity contribution in [1.82, 2.24) is 5.32 Å². The van der Waals surface area contributed by atoms with Gasteiger partial charge in [0.05, 0.1) is 11.6 Å². The Labute approximate surface area is 123 Å². The number of carbonyl (C=O) groups is 2. The normalized spacial score (nSPS) is 13.7. The zero-order valence-corrected chi connectivity index (χ0v) is 12.4. The number of carboxylic acid groups (broad SMARTS) is 1. The predicted molar refractivity (Wildman–Crippen MR) is 75.5 cm³/mol. The Bertz CT molecular complexity index is 581. The summed E-state index contributed by atoms with van der Waals surface area (Å²) in [5, 5.41) is 20.5. The van der Waals surface area contributed by atoms with Gasteiger partial charge in [0.25, 0.3) is 0 Å². The van der Waals surface area contributed by atoms with Crippen molar-refractivity contribution < 1.29 is 19.4 Å². The molecule has 0 saturated carbocycles. The molecule has 6 heteroatoms. The van der Waals surface area contributed by atoms with E-state index >= 15 is 0 Å². The lowest BCUT2D eigenvalue weighted by molar-refractivity contribution is -0.144. The smallest absolute Gasteiger partial charge is 0.408 e. The molecule has 0 aliphatic rings. The molecule has 0 aliphatic carbocycles. The van der Waals surface area contributed by atoms with E-state index in [1.54, 1.807) is 20.8 Å². The number of rotatable bonds is 3. The number of benzene rings is 1. The summed E-state index contributed by atoms with van der Waals surface area (Å²) in [6, 6.07) is 7.91. The SMILES string of the molecule is CC(C)(C)OC(=O)N[C@](C)(C(=O)O)c1ccc(C#N)cc1. The van der Waals surface area contributed by atoms with E-state index < -0.39 is 23.2 Å². The molecular weight excluding hydrogens is 272 g/mol. The van der Waals surface area contributed by atoms with Crippen molar-refractivity contribution in [3.63, 3.8) is 0 Å². The topological polar surface area (TPSA) is 99.4 Å². The van der Waals surface area contributed by atoms with Gasteiger partial charge in [0.1, 0.15) is 5.60 Å². The highest BCUT2D eigenvalue weighted by atomic mass is 16.6. The molecule has 0 fully saturated rings. The first-order valence-corrected chi connectivity index (χ1v) is 6.34. The van der Waals surface area contributed by atoms with E-state index in [0.717, 1.165) is 0 Å². The number of carbonyl (C=O) groups excluding carboxylic acids is 1. The maximum Gasteiger partial charge on any atom is 0.408 e. The van der Waals surface area contributed by atoms with Crippen molar-refractivity contribution in [2.45, 2.75) is 38.8 Å². The van der Waals surface area contributed by atoms with Gasteiger partial charge in [-0.1, -0.05) is 12.1 Å². The summed E-state index contributed by atoms with van der Waals surface area (Å²) in [6.45, 7) is 6.42. The van der Waals surface area contributed by atoms with Crippen LogP contribution in [0.25, 0.3) is 0 Å². The van der Waals surface area contributed by atoms with Crippen LogP contribution in [0.15, 0.2) is 24.3 Å². The molecule has 112 valence electrons. The number of hydrogen-bond donors (Lipinski definition) is 2. The fourth-order valence-electron chi connectivity index (χ4n) is 1.63. The molecule has 0 aliphatic heterocycles. The molecule has 0 heterocycles. The minimum absolute atomic E-state index is 0.347. The maximum atomic E-state index is 11.8. The van der Waals surface area contributed by atoms with Crippen LogP contribution in [0.4, 0.5) is 4.79 Å². The average molecular weight is 290 g/mol. The summed E-state index contributed by atoms with van der Waals surface area (Å²) in [5.41, 5.74) is -1.62. The van der Waals surface area contributed by atoms with Crippen molar-refractivity contribution in [2.24, 2.45) is 0 Å². The first kappa shape index (κ1) is 16.5. The monoisotopic (exact) mass is 290 g/mol. The summed E-state index contributed by atoms with van der Waals surface area (Å²) < 4.78 is 5.08. The molecule has 0 bridgehead atoms. The zero-order chi connectivity index (χ0) is 16.3. The number of nitriles is 1. The molecule has 1 rings (SSSR count). The van der Waals surface area contributed by atoms with Gasteiger partial charge in [-0.25, -0.2) is 9.59 Å². The number of alkyl carbamates (subject to hydrolysis) is 1. The summed E-state index contributed by atoms with van der Waals surface area (Å²) in [4.78, 5) is 23.4. The van der Waals surface area contributed by atoms with Gasteiger partial charge in [0.2, 0.25) is 0 Å². The maximum absolute atomic E-state index is 11.8. The first-order valence-electron chi connectivity index (χ1n) is 6.34. The van der Waals surface area contributed by atoms with E-state index in [1.165, 1.54) is 31.2 Å². The highest BCUT2D eigenvalue weighted by Crippen LogP contribution is 2.22. The van der Waals surface area contributed by atoms with Gasteiger partial charge in [0.15, 0.2) is 5.54 Å². The van der Waals surface area contributed by atoms with Gasteiger partial charge in [-0.15, -0.1) is 0 Å².